The molecule has 4 heteroatoms. The third-order valence-corrected chi connectivity index (χ3v) is 5.17. The van der Waals surface area contributed by atoms with Crippen molar-refractivity contribution in [3.8, 4) is 0 Å². The van der Waals surface area contributed by atoms with Gasteiger partial charge in [0, 0.05) is 37.8 Å². The van der Waals surface area contributed by atoms with Crippen LogP contribution in [0.3, 0.4) is 0 Å². The summed E-state index contributed by atoms with van der Waals surface area (Å²) < 4.78 is 5.38. The van der Waals surface area contributed by atoms with Crippen LogP contribution in [0.4, 0.5) is 0 Å². The fourth-order valence-corrected chi connectivity index (χ4v) is 4.07. The number of rotatable bonds is 2. The third-order valence-electron chi connectivity index (χ3n) is 5.17. The van der Waals surface area contributed by atoms with Crippen molar-refractivity contribution >= 4 is 5.91 Å². The average molecular weight is 266 g/mol. The minimum Gasteiger partial charge on any atom is -0.381 e. The molecular weight excluding hydrogens is 240 g/mol. The average Bonchev–Trinajstić information content (AvgIpc) is 3.07. The summed E-state index contributed by atoms with van der Waals surface area (Å²) in [6.07, 6.45) is 6.77. The number of likely N-dealkylation sites (N-methyl/N-ethyl adjacent to an activating group) is 1. The van der Waals surface area contributed by atoms with E-state index in [0.29, 0.717) is 18.0 Å². The standard InChI is InChI=1S/C15H26N2O2/c1-16-8-2-4-13(16)14-5-3-9-17(14)15(18)12-6-10-19-11-7-12/h12-14H,2-11H2,1H3/t13-,14-/m0/s1. The van der Waals surface area contributed by atoms with Crippen LogP contribution in [0.5, 0.6) is 0 Å². The molecule has 0 aliphatic carbocycles. The van der Waals surface area contributed by atoms with Gasteiger partial charge in [0.2, 0.25) is 5.91 Å². The highest BCUT2D eigenvalue weighted by Crippen LogP contribution is 2.31. The van der Waals surface area contributed by atoms with E-state index in [-0.39, 0.29) is 5.92 Å². The van der Waals surface area contributed by atoms with Crippen LogP contribution in [0.15, 0.2) is 0 Å². The van der Waals surface area contributed by atoms with Crippen molar-refractivity contribution in [2.24, 2.45) is 5.92 Å². The summed E-state index contributed by atoms with van der Waals surface area (Å²) in [5.74, 6) is 0.632. The number of hydrogen-bond acceptors (Lipinski definition) is 3. The zero-order chi connectivity index (χ0) is 13.2. The molecule has 0 aromatic heterocycles. The van der Waals surface area contributed by atoms with Crippen LogP contribution in [0.2, 0.25) is 0 Å². The van der Waals surface area contributed by atoms with Crippen molar-refractivity contribution < 1.29 is 9.53 Å². The van der Waals surface area contributed by atoms with E-state index < -0.39 is 0 Å². The molecule has 4 nitrogen and oxygen atoms in total. The van der Waals surface area contributed by atoms with E-state index in [1.807, 2.05) is 0 Å². The molecular formula is C15H26N2O2. The number of amides is 1. The van der Waals surface area contributed by atoms with E-state index in [2.05, 4.69) is 16.8 Å². The van der Waals surface area contributed by atoms with Gasteiger partial charge in [-0.15, -0.1) is 0 Å². The molecule has 0 aromatic rings. The van der Waals surface area contributed by atoms with Gasteiger partial charge in [0.05, 0.1) is 0 Å². The van der Waals surface area contributed by atoms with Crippen molar-refractivity contribution in [2.75, 3.05) is 33.4 Å². The monoisotopic (exact) mass is 266 g/mol. The molecule has 0 aromatic carbocycles. The smallest absolute Gasteiger partial charge is 0.226 e. The largest absolute Gasteiger partial charge is 0.381 e. The highest BCUT2D eigenvalue weighted by atomic mass is 16.5. The maximum Gasteiger partial charge on any atom is 0.226 e. The van der Waals surface area contributed by atoms with Crippen molar-refractivity contribution in [2.45, 2.75) is 50.6 Å². The zero-order valence-electron chi connectivity index (χ0n) is 12.0. The van der Waals surface area contributed by atoms with E-state index >= 15 is 0 Å². The van der Waals surface area contributed by atoms with Gasteiger partial charge in [-0.25, -0.2) is 0 Å². The van der Waals surface area contributed by atoms with Gasteiger partial charge in [-0.1, -0.05) is 0 Å². The van der Waals surface area contributed by atoms with Gasteiger partial charge in [-0.05, 0) is 52.1 Å². The molecule has 3 heterocycles. The minimum absolute atomic E-state index is 0.223. The first kappa shape index (κ1) is 13.4. The Morgan fingerprint density at radius 2 is 1.68 bits per heavy atom. The highest BCUT2D eigenvalue weighted by Gasteiger charge is 2.40. The molecule has 108 valence electrons. The number of nitrogens with zero attached hydrogens (tertiary/aromatic N) is 2. The van der Waals surface area contributed by atoms with Crippen LogP contribution in [0, 0.1) is 5.92 Å². The van der Waals surface area contributed by atoms with Crippen molar-refractivity contribution in [1.82, 2.24) is 9.80 Å². The SMILES string of the molecule is CN1CCC[C@H]1[C@@H]1CCCN1C(=O)C1CCOCC1. The lowest BCUT2D eigenvalue weighted by Gasteiger charge is -2.36. The molecule has 3 aliphatic rings. The summed E-state index contributed by atoms with van der Waals surface area (Å²) in [6, 6.07) is 1.08. The predicted octanol–water partition coefficient (Wildman–Crippen LogP) is 1.50. The molecule has 0 bridgehead atoms. The number of ether oxygens (including phenoxy) is 1. The normalized spacial score (nSPS) is 34.1. The second kappa shape index (κ2) is 5.80. The third kappa shape index (κ3) is 2.65. The van der Waals surface area contributed by atoms with Gasteiger partial charge in [0.25, 0.3) is 0 Å². The van der Waals surface area contributed by atoms with Crippen LogP contribution in [-0.2, 0) is 9.53 Å². The molecule has 3 rings (SSSR count). The van der Waals surface area contributed by atoms with Gasteiger partial charge >= 0.3 is 0 Å². The van der Waals surface area contributed by atoms with Crippen LogP contribution in [0.1, 0.15) is 38.5 Å². The maximum atomic E-state index is 12.7. The van der Waals surface area contributed by atoms with Gasteiger partial charge < -0.3 is 14.5 Å². The van der Waals surface area contributed by atoms with E-state index in [1.165, 1.54) is 32.2 Å². The summed E-state index contributed by atoms with van der Waals surface area (Å²) >= 11 is 0. The van der Waals surface area contributed by atoms with Crippen LogP contribution < -0.4 is 0 Å². The first-order valence-electron chi connectivity index (χ1n) is 7.86. The Morgan fingerprint density at radius 3 is 2.37 bits per heavy atom. The molecule has 0 radical (unpaired) electrons. The molecule has 2 atom stereocenters. The maximum absolute atomic E-state index is 12.7. The lowest BCUT2D eigenvalue weighted by molar-refractivity contribution is -0.140. The van der Waals surface area contributed by atoms with Crippen molar-refractivity contribution in [3.05, 3.63) is 0 Å². The van der Waals surface area contributed by atoms with Gasteiger partial charge in [-0.2, -0.15) is 0 Å². The molecule has 3 fully saturated rings. The van der Waals surface area contributed by atoms with Gasteiger partial charge in [-0.3, -0.25) is 4.79 Å². The Morgan fingerprint density at radius 1 is 1.00 bits per heavy atom. The number of carbonyl (C=O) groups excluding carboxylic acids is 1. The minimum atomic E-state index is 0.223. The highest BCUT2D eigenvalue weighted by molar-refractivity contribution is 5.79. The topological polar surface area (TPSA) is 32.8 Å². The predicted molar refractivity (Wildman–Crippen MR) is 73.9 cm³/mol. The molecule has 3 aliphatic heterocycles. The van der Waals surface area contributed by atoms with E-state index in [1.54, 1.807) is 0 Å². The zero-order valence-corrected chi connectivity index (χ0v) is 12.0. The molecule has 0 saturated carbocycles. The number of hydrogen-bond donors (Lipinski definition) is 0. The fourth-order valence-electron chi connectivity index (χ4n) is 4.07. The Kier molecular flexibility index (Phi) is 4.08. The van der Waals surface area contributed by atoms with Crippen LogP contribution in [-0.4, -0.2) is 61.1 Å². The Bertz CT molecular complexity index is 328. The second-order valence-electron chi connectivity index (χ2n) is 6.32. The van der Waals surface area contributed by atoms with Crippen molar-refractivity contribution in [3.63, 3.8) is 0 Å². The summed E-state index contributed by atoms with van der Waals surface area (Å²) in [5.41, 5.74) is 0. The summed E-state index contributed by atoms with van der Waals surface area (Å²) in [6.45, 7) is 3.70. The van der Waals surface area contributed by atoms with Crippen LogP contribution >= 0.6 is 0 Å². The number of carbonyl (C=O) groups is 1. The molecule has 0 spiro atoms. The number of likely N-dealkylation sites (tertiary alicyclic amines) is 2. The fraction of sp³-hybridized carbons (Fsp3) is 0.933. The second-order valence-corrected chi connectivity index (χ2v) is 6.32. The van der Waals surface area contributed by atoms with E-state index in [4.69, 9.17) is 4.74 Å². The molecule has 19 heavy (non-hydrogen) atoms. The lowest BCUT2D eigenvalue weighted by atomic mass is 9.96. The summed E-state index contributed by atoms with van der Waals surface area (Å²) in [5, 5.41) is 0. The van der Waals surface area contributed by atoms with Crippen molar-refractivity contribution in [1.29, 1.82) is 0 Å². The lowest BCUT2D eigenvalue weighted by Crippen LogP contribution is -2.49. The Balaban J connectivity index is 1.66. The quantitative estimate of drug-likeness (QED) is 0.759. The van der Waals surface area contributed by atoms with Crippen LogP contribution in [0.25, 0.3) is 0 Å². The van der Waals surface area contributed by atoms with Gasteiger partial charge in [0.1, 0.15) is 0 Å². The first-order valence-corrected chi connectivity index (χ1v) is 7.86. The Hall–Kier alpha value is -0.610. The summed E-state index contributed by atoms with van der Waals surface area (Å²) in [7, 11) is 2.22. The molecule has 1 amide bonds. The summed E-state index contributed by atoms with van der Waals surface area (Å²) in [4.78, 5) is 17.4. The first-order chi connectivity index (χ1) is 9.27. The Labute approximate surface area is 116 Å². The van der Waals surface area contributed by atoms with E-state index in [9.17, 15) is 4.79 Å². The molecule has 0 N–H and O–H groups in total. The van der Waals surface area contributed by atoms with Gasteiger partial charge in [0.15, 0.2) is 0 Å². The van der Waals surface area contributed by atoms with E-state index in [0.717, 1.165) is 32.6 Å². The molecule has 3 saturated heterocycles. The molecule has 0 unspecified atom stereocenters.